The zero-order valence-electron chi connectivity index (χ0n) is 14.9. The molecule has 0 N–H and O–H groups in total. The predicted octanol–water partition coefficient (Wildman–Crippen LogP) is 3.09. The van der Waals surface area contributed by atoms with Crippen molar-refractivity contribution in [2.45, 2.75) is 38.6 Å². The van der Waals surface area contributed by atoms with Crippen molar-refractivity contribution in [2.24, 2.45) is 0 Å². The number of carbonyl (C=O) groups is 2. The molecule has 136 valence electrons. The van der Waals surface area contributed by atoms with Crippen LogP contribution in [0.2, 0.25) is 0 Å². The maximum absolute atomic E-state index is 12.9. The van der Waals surface area contributed by atoms with Crippen LogP contribution in [-0.2, 0) is 9.53 Å². The van der Waals surface area contributed by atoms with Crippen LogP contribution in [-0.4, -0.2) is 45.9 Å². The van der Waals surface area contributed by atoms with E-state index in [1.54, 1.807) is 24.2 Å². The first-order chi connectivity index (χ1) is 12.7. The van der Waals surface area contributed by atoms with E-state index in [1.165, 1.54) is 0 Å². The molecular weight excluding hydrogens is 330 g/mol. The third kappa shape index (κ3) is 4.25. The van der Waals surface area contributed by atoms with E-state index in [1.807, 2.05) is 30.3 Å². The number of piperidine rings is 1. The predicted molar refractivity (Wildman–Crippen MR) is 97.4 cm³/mol. The molecule has 1 fully saturated rings. The Balaban J connectivity index is 1.73. The molecule has 0 aliphatic carbocycles. The van der Waals surface area contributed by atoms with Crippen LogP contribution in [0.25, 0.3) is 11.4 Å². The highest BCUT2D eigenvalue weighted by atomic mass is 16.5. The Morgan fingerprint density at radius 1 is 1.15 bits per heavy atom. The van der Waals surface area contributed by atoms with E-state index in [4.69, 9.17) is 4.74 Å². The summed E-state index contributed by atoms with van der Waals surface area (Å²) in [7, 11) is 0. The molecule has 1 aliphatic rings. The van der Waals surface area contributed by atoms with Gasteiger partial charge in [0.1, 0.15) is 0 Å². The van der Waals surface area contributed by atoms with Crippen LogP contribution in [0.15, 0.2) is 42.7 Å². The summed E-state index contributed by atoms with van der Waals surface area (Å²) in [5.41, 5.74) is 1.35. The standard InChI is InChI=1S/C20H23N3O3/c1-2-26-18(24)12-17-10-6-7-11-23(17)20(25)16-13-21-19(22-14-16)15-8-4-3-5-9-15/h3-5,8-9,13-14,17H,2,6-7,10-12H2,1H3/t17-/m0/s1. The molecule has 6 nitrogen and oxygen atoms in total. The number of amides is 1. The van der Waals surface area contributed by atoms with Gasteiger partial charge in [-0.15, -0.1) is 0 Å². The smallest absolute Gasteiger partial charge is 0.307 e. The zero-order chi connectivity index (χ0) is 18.4. The van der Waals surface area contributed by atoms with E-state index in [-0.39, 0.29) is 24.3 Å². The van der Waals surface area contributed by atoms with E-state index >= 15 is 0 Å². The maximum Gasteiger partial charge on any atom is 0.307 e. The van der Waals surface area contributed by atoms with Crippen molar-refractivity contribution in [1.82, 2.24) is 14.9 Å². The summed E-state index contributed by atoms with van der Waals surface area (Å²) >= 11 is 0. The summed E-state index contributed by atoms with van der Waals surface area (Å²) in [4.78, 5) is 35.1. The van der Waals surface area contributed by atoms with Crippen LogP contribution in [0.1, 0.15) is 43.0 Å². The van der Waals surface area contributed by atoms with E-state index in [0.29, 0.717) is 24.5 Å². The summed E-state index contributed by atoms with van der Waals surface area (Å²) in [6.45, 7) is 2.78. The molecule has 26 heavy (non-hydrogen) atoms. The van der Waals surface area contributed by atoms with Crippen LogP contribution in [0.4, 0.5) is 0 Å². The van der Waals surface area contributed by atoms with E-state index in [2.05, 4.69) is 9.97 Å². The van der Waals surface area contributed by atoms with Gasteiger partial charge < -0.3 is 9.64 Å². The number of likely N-dealkylation sites (tertiary alicyclic amines) is 1. The fraction of sp³-hybridized carbons (Fsp3) is 0.400. The minimum absolute atomic E-state index is 0.121. The Bertz CT molecular complexity index is 747. The molecule has 2 aromatic rings. The van der Waals surface area contributed by atoms with Gasteiger partial charge in [0, 0.05) is 30.5 Å². The molecule has 0 unspecified atom stereocenters. The number of rotatable bonds is 5. The maximum atomic E-state index is 12.9. The largest absolute Gasteiger partial charge is 0.466 e. The fourth-order valence-corrected chi connectivity index (χ4v) is 3.23. The van der Waals surface area contributed by atoms with Crippen molar-refractivity contribution in [1.29, 1.82) is 0 Å². The molecule has 1 amide bonds. The van der Waals surface area contributed by atoms with Gasteiger partial charge in [-0.05, 0) is 26.2 Å². The molecule has 1 aromatic heterocycles. The molecule has 6 heteroatoms. The number of benzene rings is 1. The van der Waals surface area contributed by atoms with Crippen molar-refractivity contribution in [3.63, 3.8) is 0 Å². The van der Waals surface area contributed by atoms with Gasteiger partial charge in [-0.2, -0.15) is 0 Å². The van der Waals surface area contributed by atoms with Crippen LogP contribution < -0.4 is 0 Å². The Hall–Kier alpha value is -2.76. The zero-order valence-corrected chi connectivity index (χ0v) is 14.9. The van der Waals surface area contributed by atoms with Crippen molar-refractivity contribution in [3.8, 4) is 11.4 Å². The average molecular weight is 353 g/mol. The summed E-state index contributed by atoms with van der Waals surface area (Å²) in [6, 6.07) is 9.51. The van der Waals surface area contributed by atoms with Gasteiger partial charge in [0.2, 0.25) is 0 Å². The van der Waals surface area contributed by atoms with Crippen LogP contribution in [0.5, 0.6) is 0 Å². The van der Waals surface area contributed by atoms with E-state index in [0.717, 1.165) is 24.8 Å². The van der Waals surface area contributed by atoms with Gasteiger partial charge in [-0.1, -0.05) is 30.3 Å². The summed E-state index contributed by atoms with van der Waals surface area (Å²) in [5.74, 6) is 0.204. The third-order valence-corrected chi connectivity index (χ3v) is 4.53. The monoisotopic (exact) mass is 353 g/mol. The summed E-state index contributed by atoms with van der Waals surface area (Å²) in [5, 5.41) is 0. The Kier molecular flexibility index (Phi) is 5.94. The van der Waals surface area contributed by atoms with Gasteiger partial charge in [-0.3, -0.25) is 9.59 Å². The Morgan fingerprint density at radius 2 is 1.88 bits per heavy atom. The second-order valence-electron chi connectivity index (χ2n) is 6.32. The third-order valence-electron chi connectivity index (χ3n) is 4.53. The van der Waals surface area contributed by atoms with Gasteiger partial charge in [0.05, 0.1) is 18.6 Å². The lowest BCUT2D eigenvalue weighted by Gasteiger charge is -2.35. The molecular formula is C20H23N3O3. The first kappa shape index (κ1) is 18.0. The number of esters is 1. The first-order valence-corrected chi connectivity index (χ1v) is 9.03. The van der Waals surface area contributed by atoms with Crippen molar-refractivity contribution in [3.05, 3.63) is 48.3 Å². The first-order valence-electron chi connectivity index (χ1n) is 9.03. The second kappa shape index (κ2) is 8.56. The molecule has 1 aromatic carbocycles. The quantitative estimate of drug-likeness (QED) is 0.773. The molecule has 3 rings (SSSR count). The van der Waals surface area contributed by atoms with Crippen LogP contribution >= 0.6 is 0 Å². The van der Waals surface area contributed by atoms with E-state index in [9.17, 15) is 9.59 Å². The summed E-state index contributed by atoms with van der Waals surface area (Å²) < 4.78 is 5.04. The minimum atomic E-state index is -0.257. The minimum Gasteiger partial charge on any atom is -0.466 e. The highest BCUT2D eigenvalue weighted by molar-refractivity contribution is 5.94. The number of carbonyl (C=O) groups excluding carboxylic acids is 2. The van der Waals surface area contributed by atoms with Crippen LogP contribution in [0, 0.1) is 0 Å². The van der Waals surface area contributed by atoms with Crippen molar-refractivity contribution in [2.75, 3.05) is 13.2 Å². The normalized spacial score (nSPS) is 17.0. The molecule has 1 aliphatic heterocycles. The van der Waals surface area contributed by atoms with Gasteiger partial charge >= 0.3 is 5.97 Å². The van der Waals surface area contributed by atoms with Crippen molar-refractivity contribution >= 4 is 11.9 Å². The topological polar surface area (TPSA) is 72.4 Å². The lowest BCUT2D eigenvalue weighted by atomic mass is 9.98. The molecule has 2 heterocycles. The number of hydrogen-bond donors (Lipinski definition) is 0. The van der Waals surface area contributed by atoms with E-state index < -0.39 is 0 Å². The van der Waals surface area contributed by atoms with Gasteiger partial charge in [0.25, 0.3) is 5.91 Å². The van der Waals surface area contributed by atoms with Gasteiger partial charge in [0.15, 0.2) is 5.82 Å². The fourth-order valence-electron chi connectivity index (χ4n) is 3.23. The molecule has 0 spiro atoms. The Morgan fingerprint density at radius 3 is 2.58 bits per heavy atom. The number of aromatic nitrogens is 2. The average Bonchev–Trinajstić information content (AvgIpc) is 2.69. The number of nitrogens with zero attached hydrogens (tertiary/aromatic N) is 3. The molecule has 1 saturated heterocycles. The lowest BCUT2D eigenvalue weighted by molar-refractivity contribution is -0.144. The lowest BCUT2D eigenvalue weighted by Crippen LogP contribution is -2.45. The molecule has 0 radical (unpaired) electrons. The highest BCUT2D eigenvalue weighted by Crippen LogP contribution is 2.23. The molecule has 0 bridgehead atoms. The van der Waals surface area contributed by atoms with Crippen LogP contribution in [0.3, 0.4) is 0 Å². The summed E-state index contributed by atoms with van der Waals surface area (Å²) in [6.07, 6.45) is 6.13. The van der Waals surface area contributed by atoms with Crippen molar-refractivity contribution < 1.29 is 14.3 Å². The molecule has 1 atom stereocenters. The SMILES string of the molecule is CCOC(=O)C[C@@H]1CCCCN1C(=O)c1cnc(-c2ccccc2)nc1. The number of hydrogen-bond acceptors (Lipinski definition) is 5. The Labute approximate surface area is 153 Å². The highest BCUT2D eigenvalue weighted by Gasteiger charge is 2.30. The number of ether oxygens (including phenoxy) is 1. The second-order valence-corrected chi connectivity index (χ2v) is 6.32. The molecule has 0 saturated carbocycles. The van der Waals surface area contributed by atoms with Gasteiger partial charge in [-0.25, -0.2) is 9.97 Å².